The van der Waals surface area contributed by atoms with E-state index in [1.165, 1.54) is 6.07 Å². The van der Waals surface area contributed by atoms with Gasteiger partial charge in [-0.1, -0.05) is 13.0 Å². The summed E-state index contributed by atoms with van der Waals surface area (Å²) in [4.78, 5) is 13.4. The number of aromatic nitrogens is 2. The van der Waals surface area contributed by atoms with E-state index >= 15 is 0 Å². The molecule has 1 N–H and O–H groups in total. The molecule has 2 fully saturated rings. The van der Waals surface area contributed by atoms with Crippen LogP contribution in [0.25, 0.3) is 10.8 Å². The molecule has 1 aromatic heterocycles. The number of fused-ring (bicyclic) bond motifs is 3. The molecule has 1 atom stereocenters. The normalized spacial score (nSPS) is 21.7. The summed E-state index contributed by atoms with van der Waals surface area (Å²) >= 11 is 0. The van der Waals surface area contributed by atoms with Crippen molar-refractivity contribution in [3.63, 3.8) is 0 Å². The summed E-state index contributed by atoms with van der Waals surface area (Å²) < 4.78 is 45.1. The minimum atomic E-state index is -0.263. The Morgan fingerprint density at radius 2 is 2.02 bits per heavy atom. The maximum Gasteiger partial charge on any atom is 0.320 e. The lowest BCUT2D eigenvalue weighted by Crippen LogP contribution is -2.43. The van der Waals surface area contributed by atoms with Gasteiger partial charge in [-0.25, -0.2) is 8.78 Å². The van der Waals surface area contributed by atoms with E-state index in [-0.39, 0.29) is 30.0 Å². The highest BCUT2D eigenvalue weighted by atomic mass is 19.1. The van der Waals surface area contributed by atoms with E-state index in [0.29, 0.717) is 74.4 Å². The molecule has 0 unspecified atom stereocenters. The first-order valence-corrected chi connectivity index (χ1v) is 13.8. The standard InChI is InChI=1S/C30H34F2N4O4/c1-3-22-24(32)6-5-20-11-21(40-18-38-2)12-26(27(20)22)35-10-7-23-25(16-35)33-29(34-28(23)37)39-17-30-8-4-9-36(30)15-19(13-30)14-31/h5-6,11-12,14H,3-4,7-10,13,15-18H2,1-2H3,(H,33,34,37)/b19-14-/t30-/m0/s1. The van der Waals surface area contributed by atoms with Gasteiger partial charge in [0.2, 0.25) is 5.88 Å². The lowest BCUT2D eigenvalue weighted by atomic mass is 9.94. The van der Waals surface area contributed by atoms with Crippen molar-refractivity contribution in [2.75, 3.05) is 45.0 Å². The van der Waals surface area contributed by atoms with Crippen molar-refractivity contribution in [1.29, 1.82) is 0 Å². The first kappa shape index (κ1) is 26.7. The maximum atomic E-state index is 14.9. The first-order valence-electron chi connectivity index (χ1n) is 13.8. The number of methoxy groups -OCH3 is 1. The highest BCUT2D eigenvalue weighted by molar-refractivity contribution is 5.98. The van der Waals surface area contributed by atoms with Crippen LogP contribution >= 0.6 is 0 Å². The van der Waals surface area contributed by atoms with Gasteiger partial charge in [0, 0.05) is 42.9 Å². The third-order valence-electron chi connectivity index (χ3n) is 8.50. The summed E-state index contributed by atoms with van der Waals surface area (Å²) in [6.07, 6.45) is 4.35. The maximum absolute atomic E-state index is 14.9. The molecular formula is C30H34F2N4O4. The number of hydrogen-bond acceptors (Lipinski definition) is 8. The van der Waals surface area contributed by atoms with E-state index in [0.717, 1.165) is 41.4 Å². The summed E-state index contributed by atoms with van der Waals surface area (Å²) in [6, 6.07) is 7.18. The molecular weight excluding hydrogens is 518 g/mol. The summed E-state index contributed by atoms with van der Waals surface area (Å²) in [7, 11) is 1.56. The van der Waals surface area contributed by atoms with Gasteiger partial charge in [0.05, 0.1) is 24.1 Å². The van der Waals surface area contributed by atoms with Crippen molar-refractivity contribution >= 4 is 16.5 Å². The highest BCUT2D eigenvalue weighted by Gasteiger charge is 2.47. The van der Waals surface area contributed by atoms with Crippen molar-refractivity contribution in [3.8, 4) is 17.6 Å². The molecule has 10 heteroatoms. The fourth-order valence-electron chi connectivity index (χ4n) is 6.58. The second-order valence-corrected chi connectivity index (χ2v) is 10.9. The number of aryl methyl sites for hydroxylation is 1. The number of hydrogen-bond donors (Lipinski definition) is 1. The van der Waals surface area contributed by atoms with Crippen LogP contribution < -0.4 is 14.4 Å². The quantitative estimate of drug-likeness (QED) is 0.389. The van der Waals surface area contributed by atoms with Crippen molar-refractivity contribution in [2.24, 2.45) is 0 Å². The Morgan fingerprint density at radius 3 is 2.83 bits per heavy atom. The third kappa shape index (κ3) is 4.73. The van der Waals surface area contributed by atoms with Gasteiger partial charge in [-0.05, 0) is 67.3 Å². The molecule has 8 nitrogen and oxygen atoms in total. The van der Waals surface area contributed by atoms with Gasteiger partial charge < -0.3 is 24.2 Å². The Kier molecular flexibility index (Phi) is 7.22. The Labute approximate surface area is 232 Å². The highest BCUT2D eigenvalue weighted by Crippen LogP contribution is 2.42. The molecule has 212 valence electrons. The number of halogens is 2. The average Bonchev–Trinajstić information content (AvgIpc) is 3.51. The van der Waals surface area contributed by atoms with Gasteiger partial charge in [0.1, 0.15) is 18.2 Å². The lowest BCUT2D eigenvalue weighted by molar-refractivity contribution is 0.0512. The van der Waals surface area contributed by atoms with E-state index in [4.69, 9.17) is 19.2 Å². The van der Waals surface area contributed by atoms with Gasteiger partial charge in [-0.2, -0.15) is 9.97 Å². The summed E-state index contributed by atoms with van der Waals surface area (Å²) in [5, 5.41) is 12.5. The van der Waals surface area contributed by atoms with Gasteiger partial charge in [-0.3, -0.25) is 4.90 Å². The van der Waals surface area contributed by atoms with Crippen LogP contribution in [0.2, 0.25) is 0 Å². The Morgan fingerprint density at radius 1 is 1.15 bits per heavy atom. The Hall–Kier alpha value is -3.50. The molecule has 2 saturated heterocycles. The molecule has 40 heavy (non-hydrogen) atoms. The second kappa shape index (κ2) is 10.8. The van der Waals surface area contributed by atoms with Crippen LogP contribution in [0.5, 0.6) is 17.6 Å². The predicted octanol–water partition coefficient (Wildman–Crippen LogP) is 5.05. The van der Waals surface area contributed by atoms with Gasteiger partial charge >= 0.3 is 6.01 Å². The lowest BCUT2D eigenvalue weighted by Gasteiger charge is -2.33. The monoisotopic (exact) mass is 552 g/mol. The molecule has 0 saturated carbocycles. The summed E-state index contributed by atoms with van der Waals surface area (Å²) in [6.45, 7) is 4.87. The molecule has 3 aromatic rings. The van der Waals surface area contributed by atoms with E-state index in [2.05, 4.69) is 14.8 Å². The van der Waals surface area contributed by atoms with Crippen LogP contribution in [0, 0.1) is 5.82 Å². The number of rotatable bonds is 8. The van der Waals surface area contributed by atoms with Crippen LogP contribution in [0.3, 0.4) is 0 Å². The smallest absolute Gasteiger partial charge is 0.320 e. The van der Waals surface area contributed by atoms with Gasteiger partial charge in [0.15, 0.2) is 6.79 Å². The van der Waals surface area contributed by atoms with Crippen molar-refractivity contribution in [2.45, 2.75) is 51.1 Å². The van der Waals surface area contributed by atoms with Gasteiger partial charge in [0.25, 0.3) is 0 Å². The van der Waals surface area contributed by atoms with Gasteiger partial charge in [-0.15, -0.1) is 0 Å². The van der Waals surface area contributed by atoms with Crippen molar-refractivity contribution in [1.82, 2.24) is 14.9 Å². The molecule has 4 heterocycles. The summed E-state index contributed by atoms with van der Waals surface area (Å²) in [5.41, 5.74) is 3.34. The van der Waals surface area contributed by atoms with E-state index < -0.39 is 0 Å². The molecule has 0 spiro atoms. The molecule has 0 aliphatic carbocycles. The van der Waals surface area contributed by atoms with Crippen molar-refractivity contribution < 1.29 is 28.1 Å². The zero-order valence-electron chi connectivity index (χ0n) is 22.9. The molecule has 6 rings (SSSR count). The minimum Gasteiger partial charge on any atom is -0.493 e. The Balaban J connectivity index is 1.31. The van der Waals surface area contributed by atoms with Crippen LogP contribution in [0.1, 0.15) is 43.0 Å². The topological polar surface area (TPSA) is 80.2 Å². The molecule has 0 radical (unpaired) electrons. The number of anilines is 1. The predicted molar refractivity (Wildman–Crippen MR) is 147 cm³/mol. The zero-order chi connectivity index (χ0) is 27.9. The Bertz CT molecular complexity index is 1470. The van der Waals surface area contributed by atoms with Crippen LogP contribution in [0.4, 0.5) is 14.5 Å². The fraction of sp³-hybridized carbons (Fsp3) is 0.467. The van der Waals surface area contributed by atoms with E-state index in [9.17, 15) is 13.9 Å². The van der Waals surface area contributed by atoms with Crippen LogP contribution in [0.15, 0.2) is 36.2 Å². The largest absolute Gasteiger partial charge is 0.493 e. The molecule has 3 aliphatic rings. The van der Waals surface area contributed by atoms with Crippen LogP contribution in [-0.2, 0) is 24.1 Å². The van der Waals surface area contributed by atoms with Crippen molar-refractivity contribution in [3.05, 3.63) is 58.8 Å². The van der Waals surface area contributed by atoms with E-state index in [1.807, 2.05) is 19.1 Å². The SMILES string of the molecule is CCc1c(F)ccc2cc(OCOC)cc(N3CCc4c(O)nc(OC[C@@]56CCCN5C/C(=C\F)C6)nc4C3)c12. The number of ether oxygens (including phenoxy) is 3. The molecule has 2 aromatic carbocycles. The fourth-order valence-corrected chi connectivity index (χ4v) is 6.58. The average molecular weight is 553 g/mol. The second-order valence-electron chi connectivity index (χ2n) is 10.9. The summed E-state index contributed by atoms with van der Waals surface area (Å²) in [5.74, 6) is 0.295. The molecule has 0 bridgehead atoms. The number of benzene rings is 2. The molecule has 3 aliphatic heterocycles. The van der Waals surface area contributed by atoms with Crippen LogP contribution in [-0.4, -0.2) is 65.7 Å². The number of nitrogens with zero attached hydrogens (tertiary/aromatic N) is 4. The zero-order valence-corrected chi connectivity index (χ0v) is 22.9. The number of aromatic hydroxyl groups is 1. The third-order valence-corrected chi connectivity index (χ3v) is 8.50. The minimum absolute atomic E-state index is 0.0847. The molecule has 0 amide bonds. The van der Waals surface area contributed by atoms with E-state index in [1.54, 1.807) is 13.2 Å². The first-order chi connectivity index (χ1) is 19.4.